The number of nitrogens with one attached hydrogen (secondary N) is 1. The van der Waals surface area contributed by atoms with Crippen LogP contribution in [0.25, 0.3) is 11.5 Å². The average molecular weight is 243 g/mol. The number of benzene rings is 1. The van der Waals surface area contributed by atoms with Gasteiger partial charge in [-0.3, -0.25) is 0 Å². The number of hydrogen-bond acceptors (Lipinski definition) is 4. The first-order valence-corrected chi connectivity index (χ1v) is 6.03. The third-order valence-corrected chi connectivity index (χ3v) is 2.69. The van der Waals surface area contributed by atoms with Crippen molar-refractivity contribution in [2.45, 2.75) is 25.8 Å². The summed E-state index contributed by atoms with van der Waals surface area (Å²) in [5.41, 5.74) is 1.98. The molecule has 4 nitrogen and oxygen atoms in total. The Hall–Kier alpha value is -2.10. The molecule has 0 aliphatic heterocycles. The molecule has 1 aromatic heterocycles. The molecule has 0 amide bonds. The second-order valence-electron chi connectivity index (χ2n) is 4.24. The molecule has 1 atom stereocenters. The van der Waals surface area contributed by atoms with Crippen molar-refractivity contribution in [3.05, 3.63) is 43.3 Å². The summed E-state index contributed by atoms with van der Waals surface area (Å²) in [6.45, 7) is 5.89. The summed E-state index contributed by atoms with van der Waals surface area (Å²) in [4.78, 5) is 0. The fraction of sp³-hybridized carbons (Fsp3) is 0.286. The number of aromatic nitrogens is 2. The molecule has 0 bridgehead atoms. The molecular weight excluding hydrogens is 226 g/mol. The molecule has 1 heterocycles. The standard InChI is InChI=1S/C14H17N3O/c1-3-4-6-11(2)16-13-8-5-7-12(9-13)14-17-15-10-18-14/h3,5,7-11,16H,1,4,6H2,2H3. The first-order chi connectivity index (χ1) is 8.79. The van der Waals surface area contributed by atoms with Gasteiger partial charge in [0.05, 0.1) is 0 Å². The molecule has 2 rings (SSSR count). The lowest BCUT2D eigenvalue weighted by Gasteiger charge is -2.14. The molecule has 0 aliphatic carbocycles. The quantitative estimate of drug-likeness (QED) is 0.789. The van der Waals surface area contributed by atoms with Gasteiger partial charge in [-0.15, -0.1) is 16.8 Å². The Labute approximate surface area is 107 Å². The number of rotatable bonds is 6. The fourth-order valence-electron chi connectivity index (χ4n) is 1.77. The van der Waals surface area contributed by atoms with E-state index in [1.165, 1.54) is 6.39 Å². The van der Waals surface area contributed by atoms with Gasteiger partial charge < -0.3 is 9.73 Å². The Kier molecular flexibility index (Phi) is 4.12. The van der Waals surface area contributed by atoms with E-state index in [2.05, 4.69) is 29.0 Å². The topological polar surface area (TPSA) is 51.0 Å². The zero-order chi connectivity index (χ0) is 12.8. The molecule has 0 spiro atoms. The second-order valence-corrected chi connectivity index (χ2v) is 4.24. The highest BCUT2D eigenvalue weighted by Crippen LogP contribution is 2.21. The molecule has 1 N–H and O–H groups in total. The molecule has 2 aromatic rings. The molecule has 1 aromatic carbocycles. The zero-order valence-corrected chi connectivity index (χ0v) is 10.5. The predicted molar refractivity (Wildman–Crippen MR) is 72.2 cm³/mol. The van der Waals surface area contributed by atoms with E-state index in [1.54, 1.807) is 0 Å². The third kappa shape index (κ3) is 3.20. The van der Waals surface area contributed by atoms with Crippen LogP contribution in [0.3, 0.4) is 0 Å². The van der Waals surface area contributed by atoms with Crippen LogP contribution in [0.1, 0.15) is 19.8 Å². The van der Waals surface area contributed by atoms with E-state index in [0.29, 0.717) is 11.9 Å². The minimum Gasteiger partial charge on any atom is -0.423 e. The van der Waals surface area contributed by atoms with Crippen molar-refractivity contribution < 1.29 is 4.42 Å². The van der Waals surface area contributed by atoms with Crippen molar-refractivity contribution in [3.63, 3.8) is 0 Å². The van der Waals surface area contributed by atoms with E-state index in [4.69, 9.17) is 4.42 Å². The maximum absolute atomic E-state index is 5.18. The Bertz CT molecular complexity index is 494. The molecule has 94 valence electrons. The van der Waals surface area contributed by atoms with Gasteiger partial charge in [0.15, 0.2) is 0 Å². The van der Waals surface area contributed by atoms with Gasteiger partial charge in [-0.05, 0) is 38.0 Å². The highest BCUT2D eigenvalue weighted by atomic mass is 16.4. The Morgan fingerprint density at radius 3 is 3.11 bits per heavy atom. The van der Waals surface area contributed by atoms with Gasteiger partial charge in [-0.1, -0.05) is 12.1 Å². The summed E-state index contributed by atoms with van der Waals surface area (Å²) < 4.78 is 5.18. The zero-order valence-electron chi connectivity index (χ0n) is 10.5. The number of allylic oxidation sites excluding steroid dienone is 1. The lowest BCUT2D eigenvalue weighted by molar-refractivity contribution is 0.568. The van der Waals surface area contributed by atoms with Crippen LogP contribution < -0.4 is 5.32 Å². The number of anilines is 1. The molecule has 4 heteroatoms. The van der Waals surface area contributed by atoms with E-state index < -0.39 is 0 Å². The maximum Gasteiger partial charge on any atom is 0.247 e. The first-order valence-electron chi connectivity index (χ1n) is 6.03. The van der Waals surface area contributed by atoms with Crippen LogP contribution in [0.2, 0.25) is 0 Å². The van der Waals surface area contributed by atoms with Gasteiger partial charge in [0.25, 0.3) is 0 Å². The summed E-state index contributed by atoms with van der Waals surface area (Å²) in [6.07, 6.45) is 5.35. The highest BCUT2D eigenvalue weighted by Gasteiger charge is 2.05. The van der Waals surface area contributed by atoms with Crippen LogP contribution in [-0.2, 0) is 0 Å². The first kappa shape index (κ1) is 12.4. The molecule has 0 radical (unpaired) electrons. The summed E-state index contributed by atoms with van der Waals surface area (Å²) >= 11 is 0. The molecule has 0 saturated heterocycles. The van der Waals surface area contributed by atoms with E-state index in [1.807, 2.05) is 30.3 Å². The highest BCUT2D eigenvalue weighted by molar-refractivity contribution is 5.61. The lowest BCUT2D eigenvalue weighted by Crippen LogP contribution is -2.14. The number of hydrogen-bond donors (Lipinski definition) is 1. The molecule has 0 aliphatic rings. The lowest BCUT2D eigenvalue weighted by atomic mass is 10.1. The smallest absolute Gasteiger partial charge is 0.247 e. The number of nitrogens with zero attached hydrogens (tertiary/aromatic N) is 2. The second kappa shape index (κ2) is 6.00. The summed E-state index contributed by atoms with van der Waals surface area (Å²) in [5, 5.41) is 11.0. The SMILES string of the molecule is C=CCCC(C)Nc1cccc(-c2nnco2)c1. The van der Waals surface area contributed by atoms with E-state index in [9.17, 15) is 0 Å². The van der Waals surface area contributed by atoms with Crippen LogP contribution in [0.15, 0.2) is 47.7 Å². The van der Waals surface area contributed by atoms with Crippen LogP contribution in [0, 0.1) is 0 Å². The summed E-state index contributed by atoms with van der Waals surface area (Å²) in [7, 11) is 0. The summed E-state index contributed by atoms with van der Waals surface area (Å²) in [5.74, 6) is 0.539. The van der Waals surface area contributed by atoms with Crippen molar-refractivity contribution in [2.24, 2.45) is 0 Å². The van der Waals surface area contributed by atoms with Gasteiger partial charge in [0.1, 0.15) is 0 Å². The van der Waals surface area contributed by atoms with E-state index in [0.717, 1.165) is 24.1 Å². The molecule has 0 fully saturated rings. The molecule has 1 unspecified atom stereocenters. The fourth-order valence-corrected chi connectivity index (χ4v) is 1.77. The predicted octanol–water partition coefficient (Wildman–Crippen LogP) is 3.50. The Morgan fingerprint density at radius 2 is 2.39 bits per heavy atom. The van der Waals surface area contributed by atoms with Gasteiger partial charge in [0.2, 0.25) is 12.3 Å². The van der Waals surface area contributed by atoms with Gasteiger partial charge in [0, 0.05) is 17.3 Å². The van der Waals surface area contributed by atoms with E-state index in [-0.39, 0.29) is 0 Å². The minimum atomic E-state index is 0.404. The summed E-state index contributed by atoms with van der Waals surface area (Å²) in [6, 6.07) is 8.37. The van der Waals surface area contributed by atoms with Crippen LogP contribution >= 0.6 is 0 Å². The monoisotopic (exact) mass is 243 g/mol. The average Bonchev–Trinajstić information content (AvgIpc) is 2.90. The largest absolute Gasteiger partial charge is 0.423 e. The van der Waals surface area contributed by atoms with Gasteiger partial charge in [-0.2, -0.15) is 0 Å². The van der Waals surface area contributed by atoms with Crippen molar-refractivity contribution in [1.82, 2.24) is 10.2 Å². The maximum atomic E-state index is 5.18. The molecule has 18 heavy (non-hydrogen) atoms. The van der Waals surface area contributed by atoms with Gasteiger partial charge in [-0.25, -0.2) is 0 Å². The van der Waals surface area contributed by atoms with Crippen molar-refractivity contribution in [2.75, 3.05) is 5.32 Å². The van der Waals surface area contributed by atoms with E-state index >= 15 is 0 Å². The normalized spacial score (nSPS) is 12.1. The Morgan fingerprint density at radius 1 is 1.50 bits per heavy atom. The molecule has 0 saturated carbocycles. The van der Waals surface area contributed by atoms with Crippen LogP contribution in [0.5, 0.6) is 0 Å². The Balaban J connectivity index is 2.06. The minimum absolute atomic E-state index is 0.404. The van der Waals surface area contributed by atoms with Crippen molar-refractivity contribution in [3.8, 4) is 11.5 Å². The van der Waals surface area contributed by atoms with Crippen LogP contribution in [-0.4, -0.2) is 16.2 Å². The van der Waals surface area contributed by atoms with Crippen LogP contribution in [0.4, 0.5) is 5.69 Å². The van der Waals surface area contributed by atoms with Crippen molar-refractivity contribution in [1.29, 1.82) is 0 Å². The van der Waals surface area contributed by atoms with Gasteiger partial charge >= 0.3 is 0 Å². The third-order valence-electron chi connectivity index (χ3n) is 2.69. The molecular formula is C14H17N3O. The van der Waals surface area contributed by atoms with Crippen molar-refractivity contribution >= 4 is 5.69 Å².